The van der Waals surface area contributed by atoms with Crippen molar-refractivity contribution in [3.05, 3.63) is 29.8 Å². The number of hydrogen-bond acceptors (Lipinski definition) is 4. The molecule has 2 heterocycles. The van der Waals surface area contributed by atoms with E-state index in [1.807, 2.05) is 18.2 Å². The van der Waals surface area contributed by atoms with Gasteiger partial charge in [0.15, 0.2) is 6.79 Å². The van der Waals surface area contributed by atoms with Gasteiger partial charge in [-0.25, -0.2) is 0 Å². The maximum absolute atomic E-state index is 9.62. The molecule has 110 valence electrons. The highest BCUT2D eigenvalue weighted by molar-refractivity contribution is 5.34. The summed E-state index contributed by atoms with van der Waals surface area (Å²) in [4.78, 5) is 0. The molecular formula is C16H22O4. The van der Waals surface area contributed by atoms with E-state index in [9.17, 15) is 5.11 Å². The molecule has 4 atom stereocenters. The first-order valence-corrected chi connectivity index (χ1v) is 7.29. The van der Waals surface area contributed by atoms with Crippen LogP contribution >= 0.6 is 0 Å². The summed E-state index contributed by atoms with van der Waals surface area (Å²) in [5, 5.41) is 9.62. The van der Waals surface area contributed by atoms with Gasteiger partial charge >= 0.3 is 0 Å². The van der Waals surface area contributed by atoms with Crippen LogP contribution in [0.15, 0.2) is 24.3 Å². The van der Waals surface area contributed by atoms with E-state index in [2.05, 4.69) is 6.07 Å². The second kappa shape index (κ2) is 6.12. The van der Waals surface area contributed by atoms with Gasteiger partial charge in [0.05, 0.1) is 12.2 Å². The number of fused-ring (bicyclic) bond motifs is 2. The topological polar surface area (TPSA) is 47.9 Å². The summed E-state index contributed by atoms with van der Waals surface area (Å²) in [6, 6.07) is 8.05. The highest BCUT2D eigenvalue weighted by Gasteiger charge is 2.48. The molecule has 0 saturated carbocycles. The van der Waals surface area contributed by atoms with Gasteiger partial charge < -0.3 is 19.3 Å². The predicted molar refractivity (Wildman–Crippen MR) is 74.6 cm³/mol. The summed E-state index contributed by atoms with van der Waals surface area (Å²) >= 11 is 0. The highest BCUT2D eigenvalue weighted by Crippen LogP contribution is 2.45. The van der Waals surface area contributed by atoms with E-state index in [0.717, 1.165) is 25.0 Å². The first-order valence-electron chi connectivity index (χ1n) is 7.29. The van der Waals surface area contributed by atoms with Gasteiger partial charge in [-0.3, -0.25) is 0 Å². The van der Waals surface area contributed by atoms with Gasteiger partial charge in [-0.1, -0.05) is 18.2 Å². The molecule has 2 saturated heterocycles. The molecule has 0 radical (unpaired) electrons. The minimum Gasteiger partial charge on any atom is -0.467 e. The van der Waals surface area contributed by atoms with Gasteiger partial charge in [0.2, 0.25) is 0 Å². The molecular weight excluding hydrogens is 256 g/mol. The molecule has 0 aromatic heterocycles. The summed E-state index contributed by atoms with van der Waals surface area (Å²) < 4.78 is 16.6. The van der Waals surface area contributed by atoms with Gasteiger partial charge in [-0.05, 0) is 36.8 Å². The summed E-state index contributed by atoms with van der Waals surface area (Å²) in [6.07, 6.45) is 3.66. The zero-order valence-corrected chi connectivity index (χ0v) is 11.8. The maximum atomic E-state index is 9.62. The van der Waals surface area contributed by atoms with Crippen LogP contribution in [0.3, 0.4) is 0 Å². The molecule has 2 fully saturated rings. The Balaban J connectivity index is 1.74. The standard InChI is InChI=1S/C16H22O4/c1-18-10-19-14-5-3-2-4-11(14)8-12-13(9-17)16-7-6-15(12)20-16/h2-5,12-13,15-17H,6-10H2,1H3/t12-,13+,15+,16-/m1/s1. The quantitative estimate of drug-likeness (QED) is 0.809. The average Bonchev–Trinajstić information content (AvgIpc) is 3.07. The Labute approximate surface area is 119 Å². The predicted octanol–water partition coefficient (Wildman–Crippen LogP) is 2.00. The van der Waals surface area contributed by atoms with Gasteiger partial charge in [0.1, 0.15) is 5.75 Å². The fraction of sp³-hybridized carbons (Fsp3) is 0.625. The average molecular weight is 278 g/mol. The molecule has 2 aliphatic heterocycles. The molecule has 0 unspecified atom stereocenters. The van der Waals surface area contributed by atoms with Crippen LogP contribution in [0.5, 0.6) is 5.75 Å². The molecule has 4 nitrogen and oxygen atoms in total. The number of ether oxygens (including phenoxy) is 3. The Kier molecular flexibility index (Phi) is 4.24. The number of para-hydroxylation sites is 1. The zero-order chi connectivity index (χ0) is 13.9. The van der Waals surface area contributed by atoms with Crippen LogP contribution in [0, 0.1) is 11.8 Å². The van der Waals surface area contributed by atoms with Crippen LogP contribution in [0.4, 0.5) is 0 Å². The molecule has 3 rings (SSSR count). The van der Waals surface area contributed by atoms with E-state index < -0.39 is 0 Å². The molecule has 1 aromatic carbocycles. The van der Waals surface area contributed by atoms with Crippen LogP contribution < -0.4 is 4.74 Å². The zero-order valence-electron chi connectivity index (χ0n) is 11.8. The van der Waals surface area contributed by atoms with Gasteiger partial charge in [0.25, 0.3) is 0 Å². The van der Waals surface area contributed by atoms with Crippen molar-refractivity contribution in [3.63, 3.8) is 0 Å². The fourth-order valence-corrected chi connectivity index (χ4v) is 3.60. The van der Waals surface area contributed by atoms with Crippen LogP contribution in [0.2, 0.25) is 0 Å². The van der Waals surface area contributed by atoms with E-state index in [1.54, 1.807) is 7.11 Å². The van der Waals surface area contributed by atoms with Crippen LogP contribution in [0.1, 0.15) is 18.4 Å². The van der Waals surface area contributed by atoms with Crippen molar-refractivity contribution < 1.29 is 19.3 Å². The van der Waals surface area contributed by atoms with Crippen LogP contribution in [-0.2, 0) is 15.9 Å². The van der Waals surface area contributed by atoms with Crippen LogP contribution in [-0.4, -0.2) is 37.8 Å². The van der Waals surface area contributed by atoms with Crippen molar-refractivity contribution in [1.29, 1.82) is 0 Å². The van der Waals surface area contributed by atoms with E-state index >= 15 is 0 Å². The maximum Gasteiger partial charge on any atom is 0.188 e. The van der Waals surface area contributed by atoms with Crippen molar-refractivity contribution in [2.24, 2.45) is 11.8 Å². The number of aliphatic hydroxyl groups excluding tert-OH is 1. The van der Waals surface area contributed by atoms with Gasteiger partial charge in [0, 0.05) is 19.6 Å². The van der Waals surface area contributed by atoms with Gasteiger partial charge in [-0.2, -0.15) is 0 Å². The SMILES string of the molecule is COCOc1ccccc1C[C@@H]1[C@H](CO)[C@H]2CC[C@@H]1O2. The molecule has 0 spiro atoms. The molecule has 0 amide bonds. The Morgan fingerprint density at radius 1 is 1.20 bits per heavy atom. The van der Waals surface area contributed by atoms with Crippen molar-refractivity contribution >= 4 is 0 Å². The third-order valence-corrected chi connectivity index (χ3v) is 4.56. The van der Waals surface area contributed by atoms with Crippen LogP contribution in [0.25, 0.3) is 0 Å². The minimum absolute atomic E-state index is 0.215. The Bertz CT molecular complexity index is 448. The van der Waals surface area contributed by atoms with E-state index in [-0.39, 0.29) is 25.4 Å². The Morgan fingerprint density at radius 2 is 1.95 bits per heavy atom. The van der Waals surface area contributed by atoms with Gasteiger partial charge in [-0.15, -0.1) is 0 Å². The lowest BCUT2D eigenvalue weighted by Crippen LogP contribution is -2.31. The summed E-state index contributed by atoms with van der Waals surface area (Å²) in [6.45, 7) is 0.473. The van der Waals surface area contributed by atoms with Crippen molar-refractivity contribution in [2.75, 3.05) is 20.5 Å². The largest absolute Gasteiger partial charge is 0.467 e. The number of hydrogen-bond donors (Lipinski definition) is 1. The second-order valence-electron chi connectivity index (χ2n) is 5.66. The molecule has 2 aliphatic rings. The van der Waals surface area contributed by atoms with E-state index in [4.69, 9.17) is 14.2 Å². The van der Waals surface area contributed by atoms with E-state index in [1.165, 1.54) is 5.56 Å². The normalized spacial score (nSPS) is 31.7. The molecule has 4 heteroatoms. The first-order chi connectivity index (χ1) is 9.83. The summed E-state index contributed by atoms with van der Waals surface area (Å²) in [7, 11) is 1.62. The smallest absolute Gasteiger partial charge is 0.188 e. The Hall–Kier alpha value is -1.10. The second-order valence-corrected chi connectivity index (χ2v) is 5.66. The molecule has 2 bridgehead atoms. The number of rotatable bonds is 6. The third-order valence-electron chi connectivity index (χ3n) is 4.56. The lowest BCUT2D eigenvalue weighted by Gasteiger charge is -2.27. The number of aliphatic hydroxyl groups is 1. The molecule has 1 N–H and O–H groups in total. The Morgan fingerprint density at radius 3 is 2.70 bits per heavy atom. The third kappa shape index (κ3) is 2.55. The number of benzene rings is 1. The lowest BCUT2D eigenvalue weighted by molar-refractivity contribution is 0.0499. The summed E-state index contributed by atoms with van der Waals surface area (Å²) in [5.41, 5.74) is 1.17. The highest BCUT2D eigenvalue weighted by atomic mass is 16.7. The molecule has 20 heavy (non-hydrogen) atoms. The summed E-state index contributed by atoms with van der Waals surface area (Å²) in [5.74, 6) is 1.53. The molecule has 1 aromatic rings. The lowest BCUT2D eigenvalue weighted by atomic mass is 9.76. The van der Waals surface area contributed by atoms with Crippen molar-refractivity contribution in [3.8, 4) is 5.75 Å². The van der Waals surface area contributed by atoms with Crippen molar-refractivity contribution in [2.45, 2.75) is 31.5 Å². The van der Waals surface area contributed by atoms with Crippen molar-refractivity contribution in [1.82, 2.24) is 0 Å². The first kappa shape index (κ1) is 13.9. The van der Waals surface area contributed by atoms with E-state index in [0.29, 0.717) is 12.0 Å². The number of methoxy groups -OCH3 is 1. The fourth-order valence-electron chi connectivity index (χ4n) is 3.60. The molecule has 0 aliphatic carbocycles. The minimum atomic E-state index is 0.215. The monoisotopic (exact) mass is 278 g/mol.